The maximum absolute atomic E-state index is 6.36. The van der Waals surface area contributed by atoms with Crippen LogP contribution in [0.1, 0.15) is 220 Å². The van der Waals surface area contributed by atoms with Crippen LogP contribution in [0.3, 0.4) is 0 Å². The minimum Gasteiger partial charge on any atom is -0.494 e. The van der Waals surface area contributed by atoms with Crippen LogP contribution >= 0.6 is 0 Å². The normalized spacial score (nSPS) is 13.1. The van der Waals surface area contributed by atoms with Crippen molar-refractivity contribution < 1.29 is 14.2 Å². The predicted octanol–water partition coefficient (Wildman–Crippen LogP) is 14.3. The number of allylic oxidation sites excluding steroid dienone is 1. The van der Waals surface area contributed by atoms with Gasteiger partial charge in [0.25, 0.3) is 0 Å². The molecule has 0 heterocycles. The van der Waals surface area contributed by atoms with Crippen LogP contribution in [-0.2, 0) is 14.2 Å². The quantitative estimate of drug-likeness (QED) is 0.0654. The van der Waals surface area contributed by atoms with E-state index in [0.29, 0.717) is 0 Å². The second-order valence-corrected chi connectivity index (χ2v) is 13.6. The van der Waals surface area contributed by atoms with Crippen molar-refractivity contribution in [1.82, 2.24) is 0 Å². The number of ether oxygens (including phenoxy) is 3. The third-order valence-corrected chi connectivity index (χ3v) is 9.22. The average Bonchev–Trinajstić information content (AvgIpc) is 3.42. The molecule has 0 N–H and O–H groups in total. The zero-order chi connectivity index (χ0) is 31.6. The van der Waals surface area contributed by atoms with Crippen LogP contribution < -0.4 is 0 Å². The average molecular weight is 619 g/mol. The molecular weight excluding hydrogens is 540 g/mol. The third-order valence-electron chi connectivity index (χ3n) is 9.22. The van der Waals surface area contributed by atoms with Gasteiger partial charge in [0.15, 0.2) is 11.5 Å². The summed E-state index contributed by atoms with van der Waals surface area (Å²) < 4.78 is 18.9. The first-order valence-electron chi connectivity index (χ1n) is 20.2. The van der Waals surface area contributed by atoms with Crippen molar-refractivity contribution in [2.45, 2.75) is 220 Å². The Morgan fingerprint density at radius 3 is 1.02 bits per heavy atom. The molecule has 0 aromatic heterocycles. The minimum absolute atomic E-state index is 0.774. The lowest BCUT2D eigenvalue weighted by molar-refractivity contribution is 0.123. The summed E-state index contributed by atoms with van der Waals surface area (Å²) in [7, 11) is 0. The van der Waals surface area contributed by atoms with Gasteiger partial charge in [-0.05, 0) is 25.3 Å². The van der Waals surface area contributed by atoms with Gasteiger partial charge in [0.1, 0.15) is 5.76 Å². The highest BCUT2D eigenvalue weighted by Gasteiger charge is 2.22. The molecule has 0 bridgehead atoms. The van der Waals surface area contributed by atoms with Gasteiger partial charge in [0, 0.05) is 6.42 Å². The first-order chi connectivity index (χ1) is 21.8. The number of unbranched alkanes of at least 4 members (excludes halogenated alkanes) is 27. The largest absolute Gasteiger partial charge is 0.494 e. The molecule has 0 unspecified atom stereocenters. The van der Waals surface area contributed by atoms with Crippen LogP contribution in [0.5, 0.6) is 0 Å². The van der Waals surface area contributed by atoms with Gasteiger partial charge in [-0.2, -0.15) is 0 Å². The highest BCUT2D eigenvalue weighted by atomic mass is 16.5. The van der Waals surface area contributed by atoms with E-state index in [1.54, 1.807) is 0 Å². The van der Waals surface area contributed by atoms with E-state index in [2.05, 4.69) is 26.8 Å². The highest BCUT2D eigenvalue weighted by molar-refractivity contribution is 5.32. The van der Waals surface area contributed by atoms with E-state index in [4.69, 9.17) is 14.2 Å². The monoisotopic (exact) mass is 619 g/mol. The van der Waals surface area contributed by atoms with E-state index in [1.807, 2.05) is 0 Å². The van der Waals surface area contributed by atoms with Crippen LogP contribution in [0.4, 0.5) is 0 Å². The Morgan fingerprint density at radius 1 is 0.364 bits per heavy atom. The first-order valence-corrected chi connectivity index (χ1v) is 20.2. The molecule has 0 radical (unpaired) electrons. The molecule has 3 nitrogen and oxygen atoms in total. The summed E-state index contributed by atoms with van der Waals surface area (Å²) in [6.07, 6.45) is 43.5. The highest BCUT2D eigenvalue weighted by Crippen LogP contribution is 2.30. The van der Waals surface area contributed by atoms with Gasteiger partial charge in [-0.3, -0.25) is 0 Å². The zero-order valence-electron chi connectivity index (χ0n) is 30.3. The number of hydrogen-bond donors (Lipinski definition) is 0. The van der Waals surface area contributed by atoms with Crippen LogP contribution in [-0.4, -0.2) is 19.8 Å². The second-order valence-electron chi connectivity index (χ2n) is 13.6. The molecule has 260 valence electrons. The van der Waals surface area contributed by atoms with E-state index >= 15 is 0 Å². The van der Waals surface area contributed by atoms with E-state index in [0.717, 1.165) is 62.8 Å². The summed E-state index contributed by atoms with van der Waals surface area (Å²) in [6.45, 7) is 9.24. The predicted molar refractivity (Wildman–Crippen MR) is 193 cm³/mol. The Bertz CT molecular complexity index is 652. The lowest BCUT2D eigenvalue weighted by Crippen LogP contribution is -2.05. The molecule has 0 aromatic rings. The van der Waals surface area contributed by atoms with E-state index in [1.165, 1.54) is 173 Å². The van der Waals surface area contributed by atoms with Crippen molar-refractivity contribution in [2.24, 2.45) is 0 Å². The van der Waals surface area contributed by atoms with Crippen LogP contribution in [0.25, 0.3) is 0 Å². The summed E-state index contributed by atoms with van der Waals surface area (Å²) >= 11 is 0. The van der Waals surface area contributed by atoms with Gasteiger partial charge >= 0.3 is 0 Å². The molecule has 1 aliphatic carbocycles. The summed E-state index contributed by atoms with van der Waals surface area (Å²) in [5.41, 5.74) is 0. The van der Waals surface area contributed by atoms with Gasteiger partial charge in [0.05, 0.1) is 19.8 Å². The fourth-order valence-electron chi connectivity index (χ4n) is 6.23. The summed E-state index contributed by atoms with van der Waals surface area (Å²) in [6, 6.07) is 0. The molecule has 0 atom stereocenters. The van der Waals surface area contributed by atoms with Gasteiger partial charge in [-0.25, -0.2) is 0 Å². The molecule has 1 rings (SSSR count). The van der Waals surface area contributed by atoms with Crippen LogP contribution in [0, 0.1) is 0 Å². The van der Waals surface area contributed by atoms with Gasteiger partial charge in [-0.15, -0.1) is 0 Å². The maximum Gasteiger partial charge on any atom is 0.199 e. The van der Waals surface area contributed by atoms with Crippen LogP contribution in [0.15, 0.2) is 23.4 Å². The molecule has 0 saturated heterocycles. The van der Waals surface area contributed by atoms with Crippen molar-refractivity contribution in [3.8, 4) is 0 Å². The number of rotatable bonds is 36. The van der Waals surface area contributed by atoms with Gasteiger partial charge in [0.2, 0.25) is 0 Å². The van der Waals surface area contributed by atoms with Crippen LogP contribution in [0.2, 0.25) is 0 Å². The third kappa shape index (κ3) is 25.1. The maximum atomic E-state index is 6.36. The Hall–Kier alpha value is -1.12. The molecule has 0 spiro atoms. The van der Waals surface area contributed by atoms with Crippen molar-refractivity contribution in [3.63, 3.8) is 0 Å². The van der Waals surface area contributed by atoms with Crippen molar-refractivity contribution in [2.75, 3.05) is 19.8 Å². The van der Waals surface area contributed by atoms with Crippen molar-refractivity contribution in [3.05, 3.63) is 23.4 Å². The molecular formula is C41H78O3. The van der Waals surface area contributed by atoms with Gasteiger partial charge < -0.3 is 14.2 Å². The molecule has 0 aliphatic heterocycles. The Labute approximate surface area is 276 Å². The molecule has 3 heteroatoms. The Kier molecular flexibility index (Phi) is 30.9. The zero-order valence-corrected chi connectivity index (χ0v) is 30.3. The molecule has 0 aromatic carbocycles. The summed E-state index contributed by atoms with van der Waals surface area (Å²) in [5, 5.41) is 0. The number of hydrogen-bond acceptors (Lipinski definition) is 3. The molecule has 1 aliphatic rings. The summed E-state index contributed by atoms with van der Waals surface area (Å²) in [5.74, 6) is 2.84. The Balaban J connectivity index is 2.28. The fraction of sp³-hybridized carbons (Fsp3) is 0.902. The Morgan fingerprint density at radius 2 is 0.659 bits per heavy atom. The fourth-order valence-corrected chi connectivity index (χ4v) is 6.23. The van der Waals surface area contributed by atoms with E-state index < -0.39 is 0 Å². The van der Waals surface area contributed by atoms with E-state index in [-0.39, 0.29) is 0 Å². The van der Waals surface area contributed by atoms with Crippen molar-refractivity contribution >= 4 is 0 Å². The van der Waals surface area contributed by atoms with Crippen molar-refractivity contribution in [1.29, 1.82) is 0 Å². The smallest absolute Gasteiger partial charge is 0.199 e. The molecule has 0 amide bonds. The second kappa shape index (κ2) is 33.2. The minimum atomic E-state index is 0.774. The SMILES string of the molecule is CCCCCCCCCCCCOC1=CCC(OCCCCCCCCCCCC)=C1OCCCCCCCCCCCC. The lowest BCUT2D eigenvalue weighted by atomic mass is 10.1. The standard InChI is InChI=1S/C41H78O3/c1-4-7-10-13-16-19-22-25-28-31-36-42-39-34-35-40(43-37-32-29-26-23-20-17-14-11-8-5-2)41(39)44-38-33-30-27-24-21-18-15-12-9-6-3/h34H,4-33,35-38H2,1-3H3. The topological polar surface area (TPSA) is 27.7 Å². The molecule has 44 heavy (non-hydrogen) atoms. The van der Waals surface area contributed by atoms with Gasteiger partial charge in [-0.1, -0.05) is 194 Å². The molecule has 0 saturated carbocycles. The lowest BCUT2D eigenvalue weighted by Gasteiger charge is -2.15. The summed E-state index contributed by atoms with van der Waals surface area (Å²) in [4.78, 5) is 0. The van der Waals surface area contributed by atoms with E-state index in [9.17, 15) is 0 Å². The first kappa shape index (κ1) is 40.9. The molecule has 0 fully saturated rings.